The molecule has 0 saturated heterocycles. The molecule has 180 valence electrons. The Balaban J connectivity index is 1.91. The summed E-state index contributed by atoms with van der Waals surface area (Å²) in [6.45, 7) is 3.18. The average Bonchev–Trinajstić information content (AvgIpc) is 3.16. The molecule has 2 amide bonds. The van der Waals surface area contributed by atoms with Gasteiger partial charge in [-0.1, -0.05) is 35.9 Å². The molecule has 0 saturated carbocycles. The first-order valence-electron chi connectivity index (χ1n) is 10.7. The molecule has 0 aliphatic rings. The molecule has 0 atom stereocenters. The molecular formula is C25H23ClN4O4S. The molecule has 0 aliphatic heterocycles. The van der Waals surface area contributed by atoms with Gasteiger partial charge in [-0.15, -0.1) is 11.3 Å². The summed E-state index contributed by atoms with van der Waals surface area (Å²) in [4.78, 5) is 54.8. The van der Waals surface area contributed by atoms with Gasteiger partial charge in [0.05, 0.1) is 26.7 Å². The Morgan fingerprint density at radius 1 is 1.06 bits per heavy atom. The summed E-state index contributed by atoms with van der Waals surface area (Å²) in [5.74, 6) is -0.784. The van der Waals surface area contributed by atoms with E-state index in [2.05, 4.69) is 5.32 Å². The molecular weight excluding hydrogens is 488 g/mol. The van der Waals surface area contributed by atoms with Crippen LogP contribution in [0.4, 0.5) is 5.69 Å². The van der Waals surface area contributed by atoms with Crippen molar-refractivity contribution in [3.05, 3.63) is 90.4 Å². The Morgan fingerprint density at radius 2 is 1.74 bits per heavy atom. The Labute approximate surface area is 210 Å². The minimum atomic E-state index is -0.677. The minimum Gasteiger partial charge on any atom is -0.344 e. The molecule has 4 aromatic rings. The first-order chi connectivity index (χ1) is 16.6. The number of rotatable bonds is 5. The fraction of sp³-hybridized carbons (Fsp3) is 0.200. The van der Waals surface area contributed by atoms with Crippen LogP contribution in [0.25, 0.3) is 15.9 Å². The smallest absolute Gasteiger partial charge is 0.337 e. The van der Waals surface area contributed by atoms with Crippen molar-refractivity contribution in [3.63, 3.8) is 0 Å². The van der Waals surface area contributed by atoms with E-state index in [1.165, 1.54) is 9.47 Å². The lowest BCUT2D eigenvalue weighted by Crippen LogP contribution is -2.40. The maximum Gasteiger partial charge on any atom is 0.337 e. The van der Waals surface area contributed by atoms with E-state index in [9.17, 15) is 19.2 Å². The molecule has 0 fully saturated rings. The van der Waals surface area contributed by atoms with Crippen molar-refractivity contribution in [2.24, 2.45) is 0 Å². The lowest BCUT2D eigenvalue weighted by molar-refractivity contribution is -0.116. The van der Waals surface area contributed by atoms with Crippen molar-refractivity contribution in [1.82, 2.24) is 14.0 Å². The van der Waals surface area contributed by atoms with Gasteiger partial charge in [0.2, 0.25) is 5.91 Å². The summed E-state index contributed by atoms with van der Waals surface area (Å²) in [5.41, 5.74) is 0.965. The van der Waals surface area contributed by atoms with Crippen molar-refractivity contribution in [3.8, 4) is 5.69 Å². The standard InChI is InChI=1S/C25H23ClN4O4S/c1-14-10-11-18(17(26)12-14)27-19(31)13-29-24-20(15(2)21(35-24)23(33)28(3)4)22(32)30(25(29)34)16-8-6-5-7-9-16/h5-12H,13H2,1-4H3,(H,27,31). The van der Waals surface area contributed by atoms with Gasteiger partial charge in [0, 0.05) is 14.1 Å². The third kappa shape index (κ3) is 4.52. The van der Waals surface area contributed by atoms with Crippen molar-refractivity contribution in [1.29, 1.82) is 0 Å². The maximum atomic E-state index is 13.6. The van der Waals surface area contributed by atoms with Gasteiger partial charge in [-0.2, -0.15) is 0 Å². The monoisotopic (exact) mass is 510 g/mol. The van der Waals surface area contributed by atoms with Crippen LogP contribution in [0.5, 0.6) is 0 Å². The van der Waals surface area contributed by atoms with Crippen LogP contribution in [-0.2, 0) is 11.3 Å². The Kier molecular flexibility index (Phi) is 6.64. The van der Waals surface area contributed by atoms with Gasteiger partial charge in [-0.05, 0) is 49.2 Å². The third-order valence-electron chi connectivity index (χ3n) is 5.53. The van der Waals surface area contributed by atoms with Crippen molar-refractivity contribution in [2.75, 3.05) is 19.4 Å². The molecule has 0 aliphatic carbocycles. The first kappa shape index (κ1) is 24.4. The molecule has 2 aromatic heterocycles. The molecule has 0 unspecified atom stereocenters. The van der Waals surface area contributed by atoms with E-state index < -0.39 is 17.2 Å². The number of nitrogens with zero attached hydrogens (tertiary/aromatic N) is 3. The topological polar surface area (TPSA) is 93.4 Å². The highest BCUT2D eigenvalue weighted by molar-refractivity contribution is 7.20. The second-order valence-electron chi connectivity index (χ2n) is 8.31. The summed E-state index contributed by atoms with van der Waals surface area (Å²) in [6.07, 6.45) is 0. The van der Waals surface area contributed by atoms with Crippen molar-refractivity contribution < 1.29 is 9.59 Å². The average molecular weight is 511 g/mol. The highest BCUT2D eigenvalue weighted by Crippen LogP contribution is 2.29. The molecule has 8 nitrogen and oxygen atoms in total. The number of thiophene rings is 1. The van der Waals surface area contributed by atoms with E-state index in [-0.39, 0.29) is 22.7 Å². The molecule has 2 aromatic carbocycles. The van der Waals surface area contributed by atoms with Gasteiger partial charge in [-0.25, -0.2) is 9.36 Å². The number of anilines is 1. The zero-order valence-corrected chi connectivity index (χ0v) is 21.2. The molecule has 0 radical (unpaired) electrons. The highest BCUT2D eigenvalue weighted by atomic mass is 35.5. The summed E-state index contributed by atoms with van der Waals surface area (Å²) in [6, 6.07) is 13.7. The lowest BCUT2D eigenvalue weighted by atomic mass is 10.2. The number of aromatic nitrogens is 2. The predicted octanol–water partition coefficient (Wildman–Crippen LogP) is 3.82. The van der Waals surface area contributed by atoms with Crippen LogP contribution < -0.4 is 16.6 Å². The maximum absolute atomic E-state index is 13.6. The van der Waals surface area contributed by atoms with Gasteiger partial charge >= 0.3 is 5.69 Å². The number of hydrogen-bond donors (Lipinski definition) is 1. The summed E-state index contributed by atoms with van der Waals surface area (Å²) >= 11 is 7.27. The molecule has 4 rings (SSSR count). The Hall–Kier alpha value is -3.69. The minimum absolute atomic E-state index is 0.227. The number of fused-ring (bicyclic) bond motifs is 1. The van der Waals surface area contributed by atoms with E-state index in [0.29, 0.717) is 26.8 Å². The van der Waals surface area contributed by atoms with E-state index in [0.717, 1.165) is 21.5 Å². The zero-order chi connectivity index (χ0) is 25.4. The number of para-hydroxylation sites is 1. The molecule has 0 bridgehead atoms. The summed E-state index contributed by atoms with van der Waals surface area (Å²) in [7, 11) is 3.22. The number of halogens is 1. The van der Waals surface area contributed by atoms with Gasteiger partial charge in [-0.3, -0.25) is 19.0 Å². The SMILES string of the molecule is Cc1ccc(NC(=O)Cn2c(=O)n(-c3ccccc3)c(=O)c3c(C)c(C(=O)N(C)C)sc32)c(Cl)c1. The van der Waals surface area contributed by atoms with Crippen LogP contribution >= 0.6 is 22.9 Å². The van der Waals surface area contributed by atoms with Crippen LogP contribution in [0, 0.1) is 13.8 Å². The molecule has 1 N–H and O–H groups in total. The van der Waals surface area contributed by atoms with Crippen molar-refractivity contribution in [2.45, 2.75) is 20.4 Å². The Bertz CT molecular complexity index is 1590. The highest BCUT2D eigenvalue weighted by Gasteiger charge is 2.25. The van der Waals surface area contributed by atoms with E-state index in [4.69, 9.17) is 11.6 Å². The number of carbonyl (C=O) groups excluding carboxylic acids is 2. The number of nitrogens with one attached hydrogen (secondary N) is 1. The predicted molar refractivity (Wildman–Crippen MR) is 139 cm³/mol. The third-order valence-corrected chi connectivity index (χ3v) is 7.14. The van der Waals surface area contributed by atoms with Crippen LogP contribution in [0.1, 0.15) is 20.8 Å². The number of carbonyl (C=O) groups is 2. The Morgan fingerprint density at radius 3 is 2.37 bits per heavy atom. The number of amides is 2. The van der Waals surface area contributed by atoms with Gasteiger partial charge in [0.15, 0.2) is 0 Å². The number of benzene rings is 2. The number of hydrogen-bond acceptors (Lipinski definition) is 5. The summed E-state index contributed by atoms with van der Waals surface area (Å²) in [5, 5.41) is 3.32. The number of aryl methyl sites for hydroxylation is 2. The second-order valence-corrected chi connectivity index (χ2v) is 9.72. The first-order valence-corrected chi connectivity index (χ1v) is 11.9. The van der Waals surface area contributed by atoms with Crippen LogP contribution in [0.15, 0.2) is 58.1 Å². The van der Waals surface area contributed by atoms with Gasteiger partial charge in [0.25, 0.3) is 11.5 Å². The fourth-order valence-electron chi connectivity index (χ4n) is 3.75. The van der Waals surface area contributed by atoms with Gasteiger partial charge < -0.3 is 10.2 Å². The van der Waals surface area contributed by atoms with Crippen LogP contribution in [-0.4, -0.2) is 39.9 Å². The zero-order valence-electron chi connectivity index (χ0n) is 19.6. The molecule has 35 heavy (non-hydrogen) atoms. The van der Waals surface area contributed by atoms with Gasteiger partial charge in [0.1, 0.15) is 11.4 Å². The van der Waals surface area contributed by atoms with Crippen molar-refractivity contribution >= 4 is 50.7 Å². The summed E-state index contributed by atoms with van der Waals surface area (Å²) < 4.78 is 2.25. The molecule has 10 heteroatoms. The van der Waals surface area contributed by atoms with E-state index in [1.54, 1.807) is 63.5 Å². The van der Waals surface area contributed by atoms with E-state index >= 15 is 0 Å². The lowest BCUT2D eigenvalue weighted by Gasteiger charge is -2.13. The fourth-order valence-corrected chi connectivity index (χ4v) is 5.35. The quantitative estimate of drug-likeness (QED) is 0.441. The normalized spacial score (nSPS) is 11.0. The largest absolute Gasteiger partial charge is 0.344 e. The van der Waals surface area contributed by atoms with Crippen LogP contribution in [0.3, 0.4) is 0 Å². The second kappa shape index (κ2) is 9.52. The molecule has 2 heterocycles. The van der Waals surface area contributed by atoms with Crippen LogP contribution in [0.2, 0.25) is 5.02 Å². The van der Waals surface area contributed by atoms with E-state index in [1.807, 2.05) is 13.0 Å². The molecule has 0 spiro atoms.